The maximum absolute atomic E-state index is 11.0. The average Bonchev–Trinajstić information content (AvgIpc) is 2.92. The Morgan fingerprint density at radius 3 is 2.84 bits per heavy atom. The van der Waals surface area contributed by atoms with E-state index in [2.05, 4.69) is 9.97 Å². The van der Waals surface area contributed by atoms with E-state index in [0.29, 0.717) is 16.1 Å². The van der Waals surface area contributed by atoms with Crippen LogP contribution in [0.3, 0.4) is 0 Å². The smallest absolute Gasteiger partial charge is 0.354 e. The number of thiophene rings is 1. The molecule has 0 atom stereocenters. The molecule has 0 aliphatic carbocycles. The maximum Gasteiger partial charge on any atom is 0.354 e. The number of carboxylic acids is 1. The van der Waals surface area contributed by atoms with Gasteiger partial charge in [-0.1, -0.05) is 17.7 Å². The van der Waals surface area contributed by atoms with E-state index in [1.807, 2.05) is 17.5 Å². The molecule has 0 bridgehead atoms. The highest BCUT2D eigenvalue weighted by molar-refractivity contribution is 7.13. The third-order valence-corrected chi connectivity index (χ3v) is 3.89. The maximum atomic E-state index is 11.0. The second-order valence-corrected chi connectivity index (χ2v) is 5.14. The van der Waals surface area contributed by atoms with Crippen molar-refractivity contribution in [2.24, 2.45) is 0 Å². The van der Waals surface area contributed by atoms with E-state index in [1.54, 1.807) is 23.6 Å². The number of halogens is 1. The summed E-state index contributed by atoms with van der Waals surface area (Å²) in [6.45, 7) is 0. The molecule has 3 aromatic rings. The summed E-state index contributed by atoms with van der Waals surface area (Å²) in [6, 6.07) is 6.92. The standard InChI is InChI=1S/C13H7ClN2O2S/c14-12-7-3-4-9(13(17)18)16-11(7)8(6-15-12)10-2-1-5-19-10/h1-6H,(H,17,18). The van der Waals surface area contributed by atoms with Crippen molar-refractivity contribution in [3.05, 3.63) is 46.7 Å². The van der Waals surface area contributed by atoms with Crippen LogP contribution >= 0.6 is 22.9 Å². The zero-order valence-electron chi connectivity index (χ0n) is 9.50. The number of nitrogens with zero attached hydrogens (tertiary/aromatic N) is 2. The van der Waals surface area contributed by atoms with Crippen molar-refractivity contribution >= 4 is 39.8 Å². The first-order chi connectivity index (χ1) is 9.16. The molecular formula is C13H7ClN2O2S. The largest absolute Gasteiger partial charge is 0.477 e. The van der Waals surface area contributed by atoms with Crippen LogP contribution in [0.5, 0.6) is 0 Å². The molecule has 0 unspecified atom stereocenters. The molecule has 0 amide bonds. The van der Waals surface area contributed by atoms with Crippen LogP contribution in [0.4, 0.5) is 0 Å². The highest BCUT2D eigenvalue weighted by atomic mass is 35.5. The fourth-order valence-corrected chi connectivity index (χ4v) is 2.75. The highest BCUT2D eigenvalue weighted by Gasteiger charge is 2.13. The monoisotopic (exact) mass is 290 g/mol. The average molecular weight is 291 g/mol. The van der Waals surface area contributed by atoms with Crippen molar-refractivity contribution in [3.8, 4) is 10.4 Å². The molecule has 3 aromatic heterocycles. The minimum absolute atomic E-state index is 0.00688. The van der Waals surface area contributed by atoms with Crippen molar-refractivity contribution in [1.29, 1.82) is 0 Å². The van der Waals surface area contributed by atoms with E-state index in [4.69, 9.17) is 16.7 Å². The predicted octanol–water partition coefficient (Wildman–Crippen LogP) is 3.71. The number of carbonyl (C=O) groups is 1. The molecule has 0 saturated carbocycles. The topological polar surface area (TPSA) is 63.1 Å². The Bertz CT molecular complexity index is 772. The lowest BCUT2D eigenvalue weighted by atomic mass is 10.1. The summed E-state index contributed by atoms with van der Waals surface area (Å²) in [5.41, 5.74) is 1.34. The number of pyridine rings is 2. The van der Waals surface area contributed by atoms with E-state index in [-0.39, 0.29) is 5.69 Å². The SMILES string of the molecule is O=C(O)c1ccc2c(Cl)ncc(-c3cccs3)c2n1. The van der Waals surface area contributed by atoms with E-state index in [0.717, 1.165) is 10.4 Å². The minimum Gasteiger partial charge on any atom is -0.477 e. The second-order valence-electron chi connectivity index (χ2n) is 3.84. The number of carboxylic acid groups (broad SMARTS) is 1. The second kappa shape index (κ2) is 4.60. The Labute approximate surface area is 117 Å². The molecule has 0 aromatic carbocycles. The van der Waals surface area contributed by atoms with Crippen LogP contribution < -0.4 is 0 Å². The van der Waals surface area contributed by atoms with Crippen LogP contribution in [0.15, 0.2) is 35.8 Å². The molecule has 3 rings (SSSR count). The lowest BCUT2D eigenvalue weighted by Crippen LogP contribution is -2.00. The van der Waals surface area contributed by atoms with Gasteiger partial charge in [-0.15, -0.1) is 11.3 Å². The van der Waals surface area contributed by atoms with Crippen molar-refractivity contribution < 1.29 is 9.90 Å². The Morgan fingerprint density at radius 1 is 1.32 bits per heavy atom. The van der Waals surface area contributed by atoms with Gasteiger partial charge in [0.05, 0.1) is 5.52 Å². The molecule has 0 radical (unpaired) electrons. The Hall–Kier alpha value is -1.98. The van der Waals surface area contributed by atoms with Crippen LogP contribution in [0, 0.1) is 0 Å². The number of aromatic nitrogens is 2. The van der Waals surface area contributed by atoms with Gasteiger partial charge in [0.15, 0.2) is 0 Å². The molecule has 19 heavy (non-hydrogen) atoms. The summed E-state index contributed by atoms with van der Waals surface area (Å²) in [4.78, 5) is 20.3. The van der Waals surface area contributed by atoms with Crippen LogP contribution in [0.1, 0.15) is 10.5 Å². The zero-order chi connectivity index (χ0) is 13.4. The Balaban J connectivity index is 2.36. The fraction of sp³-hybridized carbons (Fsp3) is 0. The van der Waals surface area contributed by atoms with Gasteiger partial charge in [0.1, 0.15) is 10.8 Å². The molecule has 0 fully saturated rings. The molecule has 0 aliphatic heterocycles. The van der Waals surface area contributed by atoms with Gasteiger partial charge in [-0.2, -0.15) is 0 Å². The first-order valence-corrected chi connectivity index (χ1v) is 6.65. The molecule has 0 saturated heterocycles. The number of rotatable bonds is 2. The molecule has 3 heterocycles. The minimum atomic E-state index is -1.06. The molecule has 0 aliphatic rings. The number of hydrogen-bond donors (Lipinski definition) is 1. The van der Waals surface area contributed by atoms with Gasteiger partial charge < -0.3 is 5.11 Å². The van der Waals surface area contributed by atoms with Gasteiger partial charge in [-0.3, -0.25) is 0 Å². The third kappa shape index (κ3) is 2.07. The quantitative estimate of drug-likeness (QED) is 0.731. The molecule has 0 spiro atoms. The Kier molecular flexibility index (Phi) is 2.93. The fourth-order valence-electron chi connectivity index (χ4n) is 1.81. The van der Waals surface area contributed by atoms with Crippen LogP contribution in [-0.4, -0.2) is 21.0 Å². The van der Waals surface area contributed by atoms with Gasteiger partial charge in [0.25, 0.3) is 0 Å². The predicted molar refractivity (Wildman–Crippen MR) is 74.8 cm³/mol. The van der Waals surface area contributed by atoms with Crippen LogP contribution in [0.2, 0.25) is 5.15 Å². The zero-order valence-corrected chi connectivity index (χ0v) is 11.1. The molecule has 6 heteroatoms. The normalized spacial score (nSPS) is 10.8. The highest BCUT2D eigenvalue weighted by Crippen LogP contribution is 2.32. The van der Waals surface area contributed by atoms with Crippen LogP contribution in [-0.2, 0) is 0 Å². The van der Waals surface area contributed by atoms with Gasteiger partial charge in [0, 0.05) is 22.0 Å². The summed E-state index contributed by atoms with van der Waals surface area (Å²) in [5.74, 6) is -1.06. The van der Waals surface area contributed by atoms with Crippen molar-refractivity contribution in [2.75, 3.05) is 0 Å². The van der Waals surface area contributed by atoms with E-state index < -0.39 is 5.97 Å². The summed E-state index contributed by atoms with van der Waals surface area (Å²) in [6.07, 6.45) is 1.62. The summed E-state index contributed by atoms with van der Waals surface area (Å²) >= 11 is 7.57. The first kappa shape index (κ1) is 12.1. The first-order valence-electron chi connectivity index (χ1n) is 5.39. The molecular weight excluding hydrogens is 284 g/mol. The molecule has 4 nitrogen and oxygen atoms in total. The Morgan fingerprint density at radius 2 is 2.16 bits per heavy atom. The number of fused-ring (bicyclic) bond motifs is 1. The van der Waals surface area contributed by atoms with E-state index in [9.17, 15) is 4.79 Å². The van der Waals surface area contributed by atoms with Gasteiger partial charge in [-0.05, 0) is 23.6 Å². The van der Waals surface area contributed by atoms with Crippen molar-refractivity contribution in [2.45, 2.75) is 0 Å². The molecule has 94 valence electrons. The third-order valence-electron chi connectivity index (χ3n) is 2.69. The van der Waals surface area contributed by atoms with Crippen molar-refractivity contribution in [1.82, 2.24) is 9.97 Å². The van der Waals surface area contributed by atoms with Gasteiger partial charge >= 0.3 is 5.97 Å². The van der Waals surface area contributed by atoms with E-state index in [1.165, 1.54) is 6.07 Å². The van der Waals surface area contributed by atoms with Crippen molar-refractivity contribution in [3.63, 3.8) is 0 Å². The summed E-state index contributed by atoms with van der Waals surface area (Å²) in [7, 11) is 0. The lowest BCUT2D eigenvalue weighted by Gasteiger charge is -2.05. The number of aromatic carboxylic acids is 1. The van der Waals surface area contributed by atoms with Gasteiger partial charge in [0.2, 0.25) is 0 Å². The van der Waals surface area contributed by atoms with Crippen LogP contribution in [0.25, 0.3) is 21.3 Å². The summed E-state index contributed by atoms with van der Waals surface area (Å²) < 4.78 is 0. The lowest BCUT2D eigenvalue weighted by molar-refractivity contribution is 0.0691. The summed E-state index contributed by atoms with van der Waals surface area (Å²) in [5, 5.41) is 11.9. The molecule has 1 N–H and O–H groups in total. The number of hydrogen-bond acceptors (Lipinski definition) is 4. The van der Waals surface area contributed by atoms with E-state index >= 15 is 0 Å². The van der Waals surface area contributed by atoms with Gasteiger partial charge in [-0.25, -0.2) is 14.8 Å².